The van der Waals surface area contributed by atoms with E-state index in [0.717, 1.165) is 30.8 Å². The molecule has 6 nitrogen and oxygen atoms in total. The number of anilines is 1. The number of carbonyl (C=O) groups is 1. The summed E-state index contributed by atoms with van der Waals surface area (Å²) in [7, 11) is 1.63. The van der Waals surface area contributed by atoms with Gasteiger partial charge in [-0.05, 0) is 50.5 Å². The lowest BCUT2D eigenvalue weighted by molar-refractivity contribution is 0.142. The number of methoxy groups -OCH3 is 1. The van der Waals surface area contributed by atoms with Crippen molar-refractivity contribution in [3.63, 3.8) is 0 Å². The highest BCUT2D eigenvalue weighted by Gasteiger charge is 2.29. The number of hydrogen-bond donors (Lipinski definition) is 2. The minimum atomic E-state index is -0.392. The molecule has 0 bridgehead atoms. The normalized spacial score (nSPS) is 18.7. The SMILES string of the molecule is COCCOc1ccc(NC(=O)N2CCCC2CC(C)O)cc1. The van der Waals surface area contributed by atoms with Crippen LogP contribution in [0, 0.1) is 0 Å². The summed E-state index contributed by atoms with van der Waals surface area (Å²) >= 11 is 0. The van der Waals surface area contributed by atoms with E-state index in [4.69, 9.17) is 9.47 Å². The molecule has 0 saturated carbocycles. The summed E-state index contributed by atoms with van der Waals surface area (Å²) in [6, 6.07) is 7.29. The molecule has 1 aliphatic rings. The van der Waals surface area contributed by atoms with Gasteiger partial charge >= 0.3 is 6.03 Å². The van der Waals surface area contributed by atoms with Gasteiger partial charge in [-0.2, -0.15) is 0 Å². The predicted octanol–water partition coefficient (Wildman–Crippen LogP) is 2.48. The molecule has 2 unspecified atom stereocenters. The second-order valence-corrected chi connectivity index (χ2v) is 5.87. The van der Waals surface area contributed by atoms with Crippen molar-refractivity contribution >= 4 is 11.7 Å². The smallest absolute Gasteiger partial charge is 0.322 e. The van der Waals surface area contributed by atoms with Crippen LogP contribution in [0.5, 0.6) is 5.75 Å². The quantitative estimate of drug-likeness (QED) is 0.757. The van der Waals surface area contributed by atoms with E-state index in [2.05, 4.69) is 5.32 Å². The number of ether oxygens (including phenoxy) is 2. The Balaban J connectivity index is 1.87. The molecule has 1 heterocycles. The maximum Gasteiger partial charge on any atom is 0.322 e. The molecule has 1 saturated heterocycles. The first-order valence-electron chi connectivity index (χ1n) is 8.07. The van der Waals surface area contributed by atoms with Gasteiger partial charge in [-0.3, -0.25) is 0 Å². The van der Waals surface area contributed by atoms with Crippen molar-refractivity contribution < 1.29 is 19.4 Å². The Hall–Kier alpha value is -1.79. The Labute approximate surface area is 137 Å². The van der Waals surface area contributed by atoms with Gasteiger partial charge in [0.15, 0.2) is 0 Å². The van der Waals surface area contributed by atoms with Crippen molar-refractivity contribution in [1.29, 1.82) is 0 Å². The number of nitrogens with zero attached hydrogens (tertiary/aromatic N) is 1. The molecule has 2 N–H and O–H groups in total. The molecule has 1 aliphatic heterocycles. The lowest BCUT2D eigenvalue weighted by Crippen LogP contribution is -2.40. The van der Waals surface area contributed by atoms with Crippen molar-refractivity contribution in [2.45, 2.75) is 38.3 Å². The standard InChI is InChI=1S/C17H26N2O4/c1-13(20)12-15-4-3-9-19(15)17(21)18-14-5-7-16(8-6-14)23-11-10-22-2/h5-8,13,15,20H,3-4,9-12H2,1-2H3,(H,18,21). The number of rotatable bonds is 7. The second kappa shape index (κ2) is 8.74. The lowest BCUT2D eigenvalue weighted by Gasteiger charge is -2.26. The summed E-state index contributed by atoms with van der Waals surface area (Å²) in [5.74, 6) is 0.744. The first kappa shape index (κ1) is 17.6. The van der Waals surface area contributed by atoms with Crippen LogP contribution in [0.3, 0.4) is 0 Å². The molecule has 23 heavy (non-hydrogen) atoms. The van der Waals surface area contributed by atoms with E-state index in [1.165, 1.54) is 0 Å². The molecular formula is C17H26N2O4. The maximum absolute atomic E-state index is 12.4. The highest BCUT2D eigenvalue weighted by atomic mass is 16.5. The third-order valence-electron chi connectivity index (χ3n) is 3.91. The Morgan fingerprint density at radius 3 is 2.78 bits per heavy atom. The van der Waals surface area contributed by atoms with Crippen LogP contribution >= 0.6 is 0 Å². The van der Waals surface area contributed by atoms with Gasteiger partial charge in [-0.25, -0.2) is 4.79 Å². The first-order valence-corrected chi connectivity index (χ1v) is 8.07. The molecule has 128 valence electrons. The first-order chi connectivity index (χ1) is 11.1. The topological polar surface area (TPSA) is 71.0 Å². The number of hydrogen-bond acceptors (Lipinski definition) is 4. The zero-order chi connectivity index (χ0) is 16.7. The highest BCUT2D eigenvalue weighted by molar-refractivity contribution is 5.89. The van der Waals surface area contributed by atoms with Crippen LogP contribution in [-0.2, 0) is 4.74 Å². The highest BCUT2D eigenvalue weighted by Crippen LogP contribution is 2.23. The van der Waals surface area contributed by atoms with Gasteiger partial charge in [0, 0.05) is 25.4 Å². The van der Waals surface area contributed by atoms with E-state index in [1.807, 2.05) is 29.2 Å². The van der Waals surface area contributed by atoms with Crippen molar-refractivity contribution in [2.75, 3.05) is 32.2 Å². The van der Waals surface area contributed by atoms with Crippen molar-refractivity contribution in [3.05, 3.63) is 24.3 Å². The fraction of sp³-hybridized carbons (Fsp3) is 0.588. The second-order valence-electron chi connectivity index (χ2n) is 5.87. The zero-order valence-electron chi connectivity index (χ0n) is 13.8. The van der Waals surface area contributed by atoms with Crippen LogP contribution in [0.4, 0.5) is 10.5 Å². The van der Waals surface area contributed by atoms with Gasteiger partial charge in [-0.1, -0.05) is 0 Å². The van der Waals surface area contributed by atoms with E-state index >= 15 is 0 Å². The predicted molar refractivity (Wildman–Crippen MR) is 88.9 cm³/mol. The number of likely N-dealkylation sites (tertiary alicyclic amines) is 1. The average Bonchev–Trinajstić information content (AvgIpc) is 2.96. The molecule has 0 spiro atoms. The van der Waals surface area contributed by atoms with E-state index in [0.29, 0.717) is 19.6 Å². The largest absolute Gasteiger partial charge is 0.491 e. The Morgan fingerprint density at radius 1 is 1.39 bits per heavy atom. The molecule has 0 radical (unpaired) electrons. The number of carbonyl (C=O) groups excluding carboxylic acids is 1. The van der Waals surface area contributed by atoms with Crippen LogP contribution in [-0.4, -0.2) is 55.1 Å². The molecule has 2 rings (SSSR count). The third kappa shape index (κ3) is 5.41. The van der Waals surface area contributed by atoms with Gasteiger partial charge in [0.1, 0.15) is 12.4 Å². The van der Waals surface area contributed by atoms with E-state index in [-0.39, 0.29) is 12.1 Å². The number of nitrogens with one attached hydrogen (secondary N) is 1. The molecular weight excluding hydrogens is 296 g/mol. The van der Waals surface area contributed by atoms with Gasteiger partial charge in [0.2, 0.25) is 0 Å². The van der Waals surface area contributed by atoms with Crippen LogP contribution in [0.1, 0.15) is 26.2 Å². The van der Waals surface area contributed by atoms with Crippen molar-refractivity contribution in [1.82, 2.24) is 4.90 Å². The number of benzene rings is 1. The summed E-state index contributed by atoms with van der Waals surface area (Å²) in [4.78, 5) is 14.2. The van der Waals surface area contributed by atoms with Gasteiger partial charge in [0.25, 0.3) is 0 Å². The minimum absolute atomic E-state index is 0.110. The maximum atomic E-state index is 12.4. The zero-order valence-corrected chi connectivity index (χ0v) is 13.8. The Morgan fingerprint density at radius 2 is 2.13 bits per heavy atom. The summed E-state index contributed by atoms with van der Waals surface area (Å²) in [6.45, 7) is 3.53. The lowest BCUT2D eigenvalue weighted by atomic mass is 10.1. The molecule has 2 amide bonds. The van der Waals surface area contributed by atoms with Gasteiger partial charge in [0.05, 0.1) is 12.7 Å². The molecule has 0 aliphatic carbocycles. The van der Waals surface area contributed by atoms with Crippen molar-refractivity contribution in [3.8, 4) is 5.75 Å². The van der Waals surface area contributed by atoms with E-state index in [1.54, 1.807) is 14.0 Å². The van der Waals surface area contributed by atoms with Crippen LogP contribution in [0.15, 0.2) is 24.3 Å². The van der Waals surface area contributed by atoms with Crippen LogP contribution in [0.25, 0.3) is 0 Å². The van der Waals surface area contributed by atoms with Crippen LogP contribution < -0.4 is 10.1 Å². The molecule has 1 aromatic rings. The fourth-order valence-corrected chi connectivity index (χ4v) is 2.81. The molecule has 2 atom stereocenters. The Kier molecular flexibility index (Phi) is 6.67. The fourth-order valence-electron chi connectivity index (χ4n) is 2.81. The number of urea groups is 1. The monoisotopic (exact) mass is 322 g/mol. The molecule has 1 aromatic carbocycles. The van der Waals surface area contributed by atoms with Crippen LogP contribution in [0.2, 0.25) is 0 Å². The summed E-state index contributed by atoms with van der Waals surface area (Å²) in [5.41, 5.74) is 0.733. The van der Waals surface area contributed by atoms with Gasteiger partial charge in [-0.15, -0.1) is 0 Å². The number of aliphatic hydroxyl groups is 1. The minimum Gasteiger partial charge on any atom is -0.491 e. The summed E-state index contributed by atoms with van der Waals surface area (Å²) in [5, 5.41) is 12.4. The van der Waals surface area contributed by atoms with E-state index in [9.17, 15) is 9.90 Å². The molecule has 0 aromatic heterocycles. The number of amides is 2. The van der Waals surface area contributed by atoms with Gasteiger partial charge < -0.3 is 24.8 Å². The number of aliphatic hydroxyl groups excluding tert-OH is 1. The average molecular weight is 322 g/mol. The molecule has 1 fully saturated rings. The van der Waals surface area contributed by atoms with Crippen molar-refractivity contribution in [2.24, 2.45) is 0 Å². The van der Waals surface area contributed by atoms with E-state index < -0.39 is 6.10 Å². The summed E-state index contributed by atoms with van der Waals surface area (Å²) in [6.07, 6.45) is 2.17. The molecule has 6 heteroatoms. The third-order valence-corrected chi connectivity index (χ3v) is 3.91. The summed E-state index contributed by atoms with van der Waals surface area (Å²) < 4.78 is 10.4. The Bertz CT molecular complexity index is 490.